The first-order valence-electron chi connectivity index (χ1n) is 6.15. The maximum absolute atomic E-state index is 5.83. The number of piperazine rings is 1. The molecule has 1 unspecified atom stereocenters. The van der Waals surface area contributed by atoms with Crippen molar-refractivity contribution in [1.29, 1.82) is 0 Å². The van der Waals surface area contributed by atoms with Crippen molar-refractivity contribution in [3.63, 3.8) is 0 Å². The molecule has 90 valence electrons. The molecule has 3 nitrogen and oxygen atoms in total. The number of hydrogen-bond donors (Lipinski definition) is 1. The number of likely N-dealkylation sites (N-methyl/N-ethyl adjacent to an activating group) is 1. The topological polar surface area (TPSA) is 28.4 Å². The number of fused-ring (bicyclic) bond motifs is 1. The number of nitrogens with zero attached hydrogens (tertiary/aromatic N) is 1. The van der Waals surface area contributed by atoms with E-state index in [1.165, 1.54) is 10.9 Å². The summed E-state index contributed by atoms with van der Waals surface area (Å²) in [5.74, 6) is 1.04. The van der Waals surface area contributed by atoms with Crippen molar-refractivity contribution in [2.75, 3.05) is 26.7 Å². The van der Waals surface area contributed by atoms with Crippen LogP contribution in [0, 0.1) is 6.92 Å². The van der Waals surface area contributed by atoms with Gasteiger partial charge < -0.3 is 14.6 Å². The Kier molecular flexibility index (Phi) is 2.65. The Hall–Kier alpha value is -1.32. The van der Waals surface area contributed by atoms with Gasteiger partial charge in [-0.25, -0.2) is 0 Å². The van der Waals surface area contributed by atoms with Crippen LogP contribution in [0.5, 0.6) is 0 Å². The van der Waals surface area contributed by atoms with Gasteiger partial charge in [-0.15, -0.1) is 0 Å². The Labute approximate surface area is 101 Å². The number of aryl methyl sites for hydroxylation is 1. The monoisotopic (exact) mass is 230 g/mol. The Bertz CT molecular complexity index is 532. The Balaban J connectivity index is 2.06. The summed E-state index contributed by atoms with van der Waals surface area (Å²) in [6, 6.07) is 8.68. The number of nitrogens with one attached hydrogen (secondary N) is 1. The summed E-state index contributed by atoms with van der Waals surface area (Å²) < 4.78 is 5.83. The van der Waals surface area contributed by atoms with E-state index < -0.39 is 0 Å². The molecule has 1 atom stereocenters. The highest BCUT2D eigenvalue weighted by Gasteiger charge is 2.23. The second-order valence-electron chi connectivity index (χ2n) is 4.84. The van der Waals surface area contributed by atoms with Gasteiger partial charge in [0.05, 0.1) is 0 Å². The highest BCUT2D eigenvalue weighted by Crippen LogP contribution is 2.31. The van der Waals surface area contributed by atoms with Gasteiger partial charge in [0.2, 0.25) is 0 Å². The molecule has 1 aliphatic heterocycles. The van der Waals surface area contributed by atoms with Crippen molar-refractivity contribution in [3.8, 4) is 0 Å². The zero-order valence-electron chi connectivity index (χ0n) is 10.4. The molecule has 0 bridgehead atoms. The van der Waals surface area contributed by atoms with Crippen LogP contribution in [0.25, 0.3) is 11.0 Å². The van der Waals surface area contributed by atoms with E-state index in [2.05, 4.69) is 36.3 Å². The number of rotatable bonds is 1. The van der Waals surface area contributed by atoms with E-state index in [-0.39, 0.29) is 0 Å². The molecule has 0 spiro atoms. The van der Waals surface area contributed by atoms with Crippen LogP contribution in [-0.2, 0) is 0 Å². The summed E-state index contributed by atoms with van der Waals surface area (Å²) in [7, 11) is 2.17. The molecule has 3 rings (SSSR count). The van der Waals surface area contributed by atoms with Crippen molar-refractivity contribution in [3.05, 3.63) is 35.6 Å². The summed E-state index contributed by atoms with van der Waals surface area (Å²) in [6.45, 7) is 5.27. The van der Waals surface area contributed by atoms with Gasteiger partial charge in [-0.2, -0.15) is 0 Å². The first-order chi connectivity index (χ1) is 8.25. The van der Waals surface area contributed by atoms with Gasteiger partial charge in [0, 0.05) is 36.6 Å². The SMILES string of the molecule is Cc1oc2ccccc2c1C1CN(C)CCN1. The molecule has 1 saturated heterocycles. The fourth-order valence-electron chi connectivity index (χ4n) is 2.71. The van der Waals surface area contributed by atoms with E-state index >= 15 is 0 Å². The van der Waals surface area contributed by atoms with Crippen LogP contribution < -0.4 is 5.32 Å². The molecule has 0 amide bonds. The number of para-hydroxylation sites is 1. The van der Waals surface area contributed by atoms with E-state index in [4.69, 9.17) is 4.42 Å². The Morgan fingerprint density at radius 1 is 1.35 bits per heavy atom. The minimum absolute atomic E-state index is 0.386. The van der Waals surface area contributed by atoms with Crippen LogP contribution in [0.4, 0.5) is 0 Å². The fraction of sp³-hybridized carbons (Fsp3) is 0.429. The molecule has 0 radical (unpaired) electrons. The van der Waals surface area contributed by atoms with Crippen LogP contribution in [0.15, 0.2) is 28.7 Å². The molecule has 2 heterocycles. The van der Waals surface area contributed by atoms with Crippen LogP contribution in [0.1, 0.15) is 17.4 Å². The molecule has 3 heteroatoms. The van der Waals surface area contributed by atoms with Gasteiger partial charge in [0.25, 0.3) is 0 Å². The number of furan rings is 1. The van der Waals surface area contributed by atoms with Crippen LogP contribution >= 0.6 is 0 Å². The van der Waals surface area contributed by atoms with E-state index in [9.17, 15) is 0 Å². The number of benzene rings is 1. The van der Waals surface area contributed by atoms with Crippen molar-refractivity contribution < 1.29 is 4.42 Å². The minimum Gasteiger partial charge on any atom is -0.461 e. The molecule has 1 aliphatic rings. The summed E-state index contributed by atoms with van der Waals surface area (Å²) in [4.78, 5) is 2.36. The van der Waals surface area contributed by atoms with E-state index in [1.54, 1.807) is 0 Å². The van der Waals surface area contributed by atoms with Gasteiger partial charge in [0.1, 0.15) is 11.3 Å². The summed E-state index contributed by atoms with van der Waals surface area (Å²) >= 11 is 0. The molecule has 0 aliphatic carbocycles. The van der Waals surface area contributed by atoms with Gasteiger partial charge in [-0.3, -0.25) is 0 Å². The third-order valence-corrected chi connectivity index (χ3v) is 3.55. The third kappa shape index (κ3) is 1.85. The molecule has 1 aromatic carbocycles. The quantitative estimate of drug-likeness (QED) is 0.815. The van der Waals surface area contributed by atoms with Crippen LogP contribution in [-0.4, -0.2) is 31.6 Å². The first-order valence-corrected chi connectivity index (χ1v) is 6.15. The average Bonchev–Trinajstić information content (AvgIpc) is 2.64. The van der Waals surface area contributed by atoms with Crippen molar-refractivity contribution in [1.82, 2.24) is 10.2 Å². The van der Waals surface area contributed by atoms with E-state index in [0.717, 1.165) is 31.0 Å². The zero-order valence-corrected chi connectivity index (χ0v) is 10.4. The van der Waals surface area contributed by atoms with Crippen molar-refractivity contribution in [2.24, 2.45) is 0 Å². The van der Waals surface area contributed by atoms with Crippen LogP contribution in [0.3, 0.4) is 0 Å². The minimum atomic E-state index is 0.386. The van der Waals surface area contributed by atoms with Gasteiger partial charge in [-0.05, 0) is 20.0 Å². The molecule has 2 aromatic rings. The van der Waals surface area contributed by atoms with Crippen LogP contribution in [0.2, 0.25) is 0 Å². The maximum Gasteiger partial charge on any atom is 0.134 e. The fourth-order valence-corrected chi connectivity index (χ4v) is 2.71. The van der Waals surface area contributed by atoms with Gasteiger partial charge in [0.15, 0.2) is 0 Å². The lowest BCUT2D eigenvalue weighted by atomic mass is 10.0. The summed E-state index contributed by atoms with van der Waals surface area (Å²) in [6.07, 6.45) is 0. The highest BCUT2D eigenvalue weighted by molar-refractivity contribution is 5.82. The molecule has 1 N–H and O–H groups in total. The molecule has 17 heavy (non-hydrogen) atoms. The predicted molar refractivity (Wildman–Crippen MR) is 69.2 cm³/mol. The van der Waals surface area contributed by atoms with Crippen molar-refractivity contribution >= 4 is 11.0 Å². The second-order valence-corrected chi connectivity index (χ2v) is 4.84. The Morgan fingerprint density at radius 3 is 3.00 bits per heavy atom. The van der Waals surface area contributed by atoms with Crippen molar-refractivity contribution in [2.45, 2.75) is 13.0 Å². The zero-order chi connectivity index (χ0) is 11.8. The predicted octanol–water partition coefficient (Wildman–Crippen LogP) is 2.32. The lowest BCUT2D eigenvalue weighted by Crippen LogP contribution is -2.43. The van der Waals surface area contributed by atoms with E-state index in [1.807, 2.05) is 12.1 Å². The van der Waals surface area contributed by atoms with E-state index in [0.29, 0.717) is 6.04 Å². The maximum atomic E-state index is 5.83. The molecule has 0 saturated carbocycles. The smallest absolute Gasteiger partial charge is 0.134 e. The molecular formula is C14H18N2O. The normalized spacial score (nSPS) is 22.1. The standard InChI is InChI=1S/C14H18N2O/c1-10-14(12-9-16(2)8-7-15-12)11-5-3-4-6-13(11)17-10/h3-6,12,15H,7-9H2,1-2H3. The summed E-state index contributed by atoms with van der Waals surface area (Å²) in [5.41, 5.74) is 2.32. The second kappa shape index (κ2) is 4.17. The summed E-state index contributed by atoms with van der Waals surface area (Å²) in [5, 5.41) is 4.83. The highest BCUT2D eigenvalue weighted by atomic mass is 16.3. The largest absolute Gasteiger partial charge is 0.461 e. The molecule has 1 aromatic heterocycles. The number of hydrogen-bond acceptors (Lipinski definition) is 3. The van der Waals surface area contributed by atoms with Gasteiger partial charge >= 0.3 is 0 Å². The lowest BCUT2D eigenvalue weighted by molar-refractivity contribution is 0.240. The Morgan fingerprint density at radius 2 is 2.18 bits per heavy atom. The molecule has 1 fully saturated rings. The molecular weight excluding hydrogens is 212 g/mol. The third-order valence-electron chi connectivity index (χ3n) is 3.55. The van der Waals surface area contributed by atoms with Gasteiger partial charge in [-0.1, -0.05) is 18.2 Å². The average molecular weight is 230 g/mol. The lowest BCUT2D eigenvalue weighted by Gasteiger charge is -2.31. The first kappa shape index (κ1) is 10.8.